The summed E-state index contributed by atoms with van der Waals surface area (Å²) < 4.78 is 45.2. The lowest BCUT2D eigenvalue weighted by Gasteiger charge is -2.19. The van der Waals surface area contributed by atoms with E-state index >= 15 is 0 Å². The van der Waals surface area contributed by atoms with Crippen molar-refractivity contribution in [2.75, 3.05) is 7.11 Å². The summed E-state index contributed by atoms with van der Waals surface area (Å²) in [5, 5.41) is 2.83. The quantitative estimate of drug-likeness (QED) is 0.729. The highest BCUT2D eigenvalue weighted by Gasteiger charge is 2.24. The van der Waals surface area contributed by atoms with Crippen LogP contribution in [0.4, 0.5) is 4.39 Å². The number of carbonyl (C=O) groups excluding carboxylic acids is 1. The van der Waals surface area contributed by atoms with Gasteiger partial charge in [-0.25, -0.2) is 12.8 Å². The van der Waals surface area contributed by atoms with Crippen LogP contribution in [0.25, 0.3) is 0 Å². The first kappa shape index (κ1) is 21.1. The van der Waals surface area contributed by atoms with Crippen LogP contribution in [0.15, 0.2) is 47.4 Å². The minimum atomic E-state index is -3.96. The van der Waals surface area contributed by atoms with Gasteiger partial charge in [-0.15, -0.1) is 0 Å². The van der Waals surface area contributed by atoms with Crippen molar-refractivity contribution in [2.45, 2.75) is 30.8 Å². The van der Waals surface area contributed by atoms with Crippen molar-refractivity contribution in [2.24, 2.45) is 0 Å². The lowest BCUT2D eigenvalue weighted by molar-refractivity contribution is -0.123. The molecule has 6 nitrogen and oxygen atoms in total. The Hall–Kier alpha value is -2.16. The van der Waals surface area contributed by atoms with Crippen LogP contribution < -0.4 is 14.8 Å². The van der Waals surface area contributed by atoms with Gasteiger partial charge in [0.05, 0.1) is 29.1 Å². The number of hydrogen-bond acceptors (Lipinski definition) is 4. The van der Waals surface area contributed by atoms with E-state index < -0.39 is 28.0 Å². The lowest BCUT2D eigenvalue weighted by Crippen LogP contribution is -2.45. The van der Waals surface area contributed by atoms with Gasteiger partial charge in [0.1, 0.15) is 11.6 Å². The van der Waals surface area contributed by atoms with Crippen LogP contribution in [0.3, 0.4) is 0 Å². The van der Waals surface area contributed by atoms with Crippen molar-refractivity contribution < 1.29 is 22.3 Å². The van der Waals surface area contributed by atoms with Gasteiger partial charge in [-0.3, -0.25) is 4.79 Å². The molecule has 2 N–H and O–H groups in total. The van der Waals surface area contributed by atoms with Crippen LogP contribution in [0, 0.1) is 5.82 Å². The molecule has 0 bridgehead atoms. The molecule has 146 valence electrons. The molecule has 27 heavy (non-hydrogen) atoms. The number of amides is 1. The minimum Gasteiger partial charge on any atom is -0.495 e. The van der Waals surface area contributed by atoms with Crippen LogP contribution >= 0.6 is 11.6 Å². The SMILES string of the molecule is COc1ccc(S(=O)(=O)N[C@@H](C)C(=O)N[C@H](C)c2ccc(F)cc2)cc1Cl. The summed E-state index contributed by atoms with van der Waals surface area (Å²) in [5.41, 5.74) is 0.696. The molecule has 0 saturated heterocycles. The van der Waals surface area contributed by atoms with Gasteiger partial charge >= 0.3 is 0 Å². The summed E-state index contributed by atoms with van der Waals surface area (Å²) in [6.07, 6.45) is 0. The highest BCUT2D eigenvalue weighted by molar-refractivity contribution is 7.89. The van der Waals surface area contributed by atoms with E-state index in [0.29, 0.717) is 11.3 Å². The number of carbonyl (C=O) groups is 1. The Bertz CT molecular complexity index is 919. The third-order valence-electron chi connectivity index (χ3n) is 3.89. The van der Waals surface area contributed by atoms with E-state index in [9.17, 15) is 17.6 Å². The Morgan fingerprint density at radius 2 is 1.78 bits per heavy atom. The fourth-order valence-electron chi connectivity index (χ4n) is 2.34. The van der Waals surface area contributed by atoms with Crippen LogP contribution in [0.1, 0.15) is 25.5 Å². The predicted molar refractivity (Wildman–Crippen MR) is 101 cm³/mol. The Kier molecular flexibility index (Phi) is 6.80. The van der Waals surface area contributed by atoms with Gasteiger partial charge in [-0.2, -0.15) is 4.72 Å². The molecule has 0 heterocycles. The number of halogens is 2. The zero-order valence-electron chi connectivity index (χ0n) is 15.0. The topological polar surface area (TPSA) is 84.5 Å². The lowest BCUT2D eigenvalue weighted by atomic mass is 10.1. The maximum Gasteiger partial charge on any atom is 0.241 e. The molecule has 0 unspecified atom stereocenters. The highest BCUT2D eigenvalue weighted by Crippen LogP contribution is 2.27. The average molecular weight is 415 g/mol. The first-order valence-corrected chi connectivity index (χ1v) is 9.92. The molecule has 0 aromatic heterocycles. The molecule has 2 aromatic carbocycles. The van der Waals surface area contributed by atoms with E-state index in [4.69, 9.17) is 16.3 Å². The maximum atomic E-state index is 13.0. The van der Waals surface area contributed by atoms with Crippen molar-refractivity contribution in [3.8, 4) is 5.75 Å². The molecule has 0 saturated carbocycles. The zero-order valence-corrected chi connectivity index (χ0v) is 16.6. The largest absolute Gasteiger partial charge is 0.495 e. The molecular formula is C18H20ClFN2O4S. The van der Waals surface area contributed by atoms with Crippen LogP contribution in [0.2, 0.25) is 5.02 Å². The summed E-state index contributed by atoms with van der Waals surface area (Å²) in [4.78, 5) is 12.2. The fourth-order valence-corrected chi connectivity index (χ4v) is 3.89. The Morgan fingerprint density at radius 1 is 1.15 bits per heavy atom. The molecule has 2 atom stereocenters. The third kappa shape index (κ3) is 5.41. The van der Waals surface area contributed by atoms with E-state index in [1.807, 2.05) is 0 Å². The second-order valence-electron chi connectivity index (χ2n) is 5.92. The number of benzene rings is 2. The van der Waals surface area contributed by atoms with E-state index in [2.05, 4.69) is 10.0 Å². The molecule has 2 rings (SSSR count). The number of rotatable bonds is 7. The molecule has 0 aliphatic carbocycles. The molecule has 0 aliphatic heterocycles. The third-order valence-corrected chi connectivity index (χ3v) is 5.72. The van der Waals surface area contributed by atoms with Gasteiger partial charge in [0.15, 0.2) is 0 Å². The standard InChI is InChI=1S/C18H20ClFN2O4S/c1-11(13-4-6-14(20)7-5-13)21-18(23)12(2)22-27(24,25)15-8-9-17(26-3)16(19)10-15/h4-12,22H,1-3H3,(H,21,23)/t11-,12+/m1/s1. The number of methoxy groups -OCH3 is 1. The van der Waals surface area contributed by atoms with Gasteiger partial charge in [0.2, 0.25) is 15.9 Å². The van der Waals surface area contributed by atoms with E-state index in [-0.39, 0.29) is 15.7 Å². The summed E-state index contributed by atoms with van der Waals surface area (Å²) >= 11 is 5.96. The Labute approximate surface area is 162 Å². The normalized spacial score (nSPS) is 13.7. The smallest absolute Gasteiger partial charge is 0.241 e. The Balaban J connectivity index is 2.06. The minimum absolute atomic E-state index is 0.0838. The van der Waals surface area contributed by atoms with Crippen molar-refractivity contribution in [3.63, 3.8) is 0 Å². The molecule has 9 heteroatoms. The van der Waals surface area contributed by atoms with Gasteiger partial charge in [0, 0.05) is 0 Å². The number of hydrogen-bond donors (Lipinski definition) is 2. The van der Waals surface area contributed by atoms with Gasteiger partial charge in [-0.05, 0) is 49.7 Å². The first-order chi connectivity index (χ1) is 12.6. The number of nitrogens with one attached hydrogen (secondary N) is 2. The van der Waals surface area contributed by atoms with Crippen molar-refractivity contribution >= 4 is 27.5 Å². The Morgan fingerprint density at radius 3 is 2.33 bits per heavy atom. The molecule has 0 aliphatic rings. The van der Waals surface area contributed by atoms with Crippen molar-refractivity contribution in [3.05, 3.63) is 58.9 Å². The van der Waals surface area contributed by atoms with Gasteiger partial charge in [-0.1, -0.05) is 23.7 Å². The van der Waals surface area contributed by atoms with Crippen LogP contribution in [-0.4, -0.2) is 27.5 Å². The zero-order chi connectivity index (χ0) is 20.2. The molecule has 0 fully saturated rings. The van der Waals surface area contributed by atoms with E-state index in [0.717, 1.165) is 0 Å². The summed E-state index contributed by atoms with van der Waals surface area (Å²) in [6, 6.07) is 8.24. The van der Waals surface area contributed by atoms with Crippen molar-refractivity contribution in [1.29, 1.82) is 0 Å². The predicted octanol–water partition coefficient (Wildman–Crippen LogP) is 3.03. The van der Waals surface area contributed by atoms with E-state index in [1.54, 1.807) is 19.1 Å². The second-order valence-corrected chi connectivity index (χ2v) is 8.04. The van der Waals surface area contributed by atoms with Crippen molar-refractivity contribution in [1.82, 2.24) is 10.0 Å². The number of ether oxygens (including phenoxy) is 1. The summed E-state index contributed by atoms with van der Waals surface area (Å²) in [6.45, 7) is 3.14. The fraction of sp³-hybridized carbons (Fsp3) is 0.278. The molecule has 1 amide bonds. The highest BCUT2D eigenvalue weighted by atomic mass is 35.5. The van der Waals surface area contributed by atoms with Gasteiger partial charge in [0.25, 0.3) is 0 Å². The summed E-state index contributed by atoms with van der Waals surface area (Å²) in [5.74, 6) is -0.555. The molecule has 0 radical (unpaired) electrons. The summed E-state index contributed by atoms with van der Waals surface area (Å²) in [7, 11) is -2.54. The molecule has 2 aromatic rings. The first-order valence-electron chi connectivity index (χ1n) is 8.05. The van der Waals surface area contributed by atoms with E-state index in [1.165, 1.54) is 44.4 Å². The van der Waals surface area contributed by atoms with Crippen LogP contribution in [-0.2, 0) is 14.8 Å². The maximum absolute atomic E-state index is 13.0. The number of sulfonamides is 1. The van der Waals surface area contributed by atoms with Gasteiger partial charge < -0.3 is 10.1 Å². The molecular weight excluding hydrogens is 395 g/mol. The molecule has 0 spiro atoms. The average Bonchev–Trinajstić information content (AvgIpc) is 2.61. The second kappa shape index (κ2) is 8.69. The monoisotopic (exact) mass is 414 g/mol. The van der Waals surface area contributed by atoms with Crippen LogP contribution in [0.5, 0.6) is 5.75 Å².